The minimum atomic E-state index is -0.756. The highest BCUT2D eigenvalue weighted by molar-refractivity contribution is 7.99. The minimum absolute atomic E-state index is 0.174. The zero-order valence-electron chi connectivity index (χ0n) is 10.3. The highest BCUT2D eigenvalue weighted by Crippen LogP contribution is 2.26. The molecule has 2 N–H and O–H groups in total. The fraction of sp³-hybridized carbons (Fsp3) is 0.700. The predicted octanol–water partition coefficient (Wildman–Crippen LogP) is -1.06. The van der Waals surface area contributed by atoms with Crippen molar-refractivity contribution in [1.82, 2.24) is 20.1 Å². The number of nitrogens with zero attached hydrogens (tertiary/aromatic N) is 2. The van der Waals surface area contributed by atoms with E-state index in [0.29, 0.717) is 17.8 Å². The SMILES string of the molecule is CNC1CCOCC1Sc1nc(=O)c(=O)[nH]n1C. The maximum Gasteiger partial charge on any atom is 0.339 e. The van der Waals surface area contributed by atoms with Crippen LogP contribution in [0.15, 0.2) is 14.7 Å². The molecule has 0 amide bonds. The van der Waals surface area contributed by atoms with E-state index >= 15 is 0 Å². The van der Waals surface area contributed by atoms with Crippen molar-refractivity contribution < 1.29 is 4.74 Å². The van der Waals surface area contributed by atoms with Crippen LogP contribution in [0.1, 0.15) is 6.42 Å². The fourth-order valence-corrected chi connectivity index (χ4v) is 3.07. The van der Waals surface area contributed by atoms with E-state index in [1.807, 2.05) is 7.05 Å². The molecule has 0 aromatic carbocycles. The second-order valence-corrected chi connectivity index (χ2v) is 5.32. The molecule has 2 unspecified atom stereocenters. The van der Waals surface area contributed by atoms with Crippen molar-refractivity contribution >= 4 is 11.8 Å². The smallest absolute Gasteiger partial charge is 0.339 e. The van der Waals surface area contributed by atoms with Gasteiger partial charge in [0, 0.05) is 19.7 Å². The Morgan fingerprint density at radius 1 is 1.56 bits per heavy atom. The summed E-state index contributed by atoms with van der Waals surface area (Å²) in [4.78, 5) is 26.1. The molecule has 7 nitrogen and oxygen atoms in total. The molecule has 0 bridgehead atoms. The van der Waals surface area contributed by atoms with Gasteiger partial charge in [-0.2, -0.15) is 4.98 Å². The molecular formula is C10H16N4O3S. The van der Waals surface area contributed by atoms with Crippen LogP contribution in [0.5, 0.6) is 0 Å². The molecule has 1 fully saturated rings. The van der Waals surface area contributed by atoms with Gasteiger partial charge in [-0.3, -0.25) is 19.4 Å². The molecule has 0 saturated carbocycles. The Hall–Kier alpha value is -1.12. The molecule has 100 valence electrons. The lowest BCUT2D eigenvalue weighted by atomic mass is 10.1. The van der Waals surface area contributed by atoms with Gasteiger partial charge in [0.25, 0.3) is 0 Å². The van der Waals surface area contributed by atoms with E-state index < -0.39 is 11.1 Å². The number of aryl methyl sites for hydroxylation is 1. The first kappa shape index (κ1) is 13.3. The van der Waals surface area contributed by atoms with Crippen LogP contribution in [0.2, 0.25) is 0 Å². The maximum absolute atomic E-state index is 11.3. The molecule has 0 aliphatic carbocycles. The Morgan fingerprint density at radius 2 is 2.33 bits per heavy atom. The van der Waals surface area contributed by atoms with Crippen LogP contribution in [0.25, 0.3) is 0 Å². The number of thioether (sulfide) groups is 1. The van der Waals surface area contributed by atoms with Crippen LogP contribution in [-0.4, -0.2) is 46.3 Å². The van der Waals surface area contributed by atoms with Crippen molar-refractivity contribution in [2.24, 2.45) is 7.05 Å². The lowest BCUT2D eigenvalue weighted by Crippen LogP contribution is -2.43. The zero-order chi connectivity index (χ0) is 13.1. The summed E-state index contributed by atoms with van der Waals surface area (Å²) >= 11 is 1.44. The molecule has 0 spiro atoms. The summed E-state index contributed by atoms with van der Waals surface area (Å²) in [5.74, 6) is 0. The molecule has 0 radical (unpaired) electrons. The third-order valence-electron chi connectivity index (χ3n) is 2.88. The average Bonchev–Trinajstić information content (AvgIpc) is 2.36. The number of H-pyrrole nitrogens is 1. The third-order valence-corrected chi connectivity index (χ3v) is 4.22. The molecule has 2 rings (SSSR count). The van der Waals surface area contributed by atoms with E-state index in [1.54, 1.807) is 7.05 Å². The Kier molecular flexibility index (Phi) is 4.20. The summed E-state index contributed by atoms with van der Waals surface area (Å²) in [6.45, 7) is 1.34. The van der Waals surface area contributed by atoms with Gasteiger partial charge in [0.15, 0.2) is 5.16 Å². The van der Waals surface area contributed by atoms with Crippen molar-refractivity contribution in [3.8, 4) is 0 Å². The number of hydrogen-bond acceptors (Lipinski definition) is 6. The number of ether oxygens (including phenoxy) is 1. The fourth-order valence-electron chi connectivity index (χ4n) is 1.86. The summed E-state index contributed by atoms with van der Waals surface area (Å²) in [7, 11) is 3.57. The van der Waals surface area contributed by atoms with Crippen LogP contribution < -0.4 is 16.4 Å². The minimum Gasteiger partial charge on any atom is -0.380 e. The molecule has 2 atom stereocenters. The van der Waals surface area contributed by atoms with Crippen LogP contribution in [-0.2, 0) is 11.8 Å². The van der Waals surface area contributed by atoms with Crippen molar-refractivity contribution in [2.45, 2.75) is 22.9 Å². The predicted molar refractivity (Wildman–Crippen MR) is 68.0 cm³/mol. The average molecular weight is 272 g/mol. The molecule has 1 aromatic heterocycles. The highest BCUT2D eigenvalue weighted by Gasteiger charge is 2.26. The Balaban J connectivity index is 2.20. The van der Waals surface area contributed by atoms with E-state index in [0.717, 1.165) is 13.0 Å². The summed E-state index contributed by atoms with van der Waals surface area (Å²) in [5.41, 5.74) is -1.46. The van der Waals surface area contributed by atoms with Gasteiger partial charge < -0.3 is 10.1 Å². The normalized spacial score (nSPS) is 24.1. The van der Waals surface area contributed by atoms with E-state index in [4.69, 9.17) is 4.74 Å². The van der Waals surface area contributed by atoms with Gasteiger partial charge in [0.1, 0.15) is 0 Å². The molecule has 1 aliphatic heterocycles. The van der Waals surface area contributed by atoms with Gasteiger partial charge in [-0.15, -0.1) is 0 Å². The summed E-state index contributed by atoms with van der Waals surface area (Å²) in [6, 6.07) is 0.313. The van der Waals surface area contributed by atoms with Crippen LogP contribution in [0, 0.1) is 0 Å². The largest absolute Gasteiger partial charge is 0.380 e. The van der Waals surface area contributed by atoms with E-state index in [9.17, 15) is 9.59 Å². The molecule has 18 heavy (non-hydrogen) atoms. The summed E-state index contributed by atoms with van der Waals surface area (Å²) in [5, 5.41) is 6.33. The molecule has 8 heteroatoms. The zero-order valence-corrected chi connectivity index (χ0v) is 11.1. The quantitative estimate of drug-likeness (QED) is 0.682. The number of aromatic amines is 1. The molecular weight excluding hydrogens is 256 g/mol. The lowest BCUT2D eigenvalue weighted by Gasteiger charge is -2.30. The van der Waals surface area contributed by atoms with Gasteiger partial charge in [0.2, 0.25) is 0 Å². The number of rotatable bonds is 3. The highest BCUT2D eigenvalue weighted by atomic mass is 32.2. The van der Waals surface area contributed by atoms with Gasteiger partial charge in [-0.1, -0.05) is 11.8 Å². The van der Waals surface area contributed by atoms with E-state index in [-0.39, 0.29) is 5.25 Å². The number of hydrogen-bond donors (Lipinski definition) is 2. The van der Waals surface area contributed by atoms with Crippen molar-refractivity contribution in [3.05, 3.63) is 20.7 Å². The molecule has 1 aliphatic rings. The first-order valence-electron chi connectivity index (χ1n) is 5.71. The summed E-state index contributed by atoms with van der Waals surface area (Å²) in [6.07, 6.45) is 0.922. The Labute approximate surface area is 108 Å². The molecule has 1 aromatic rings. The van der Waals surface area contributed by atoms with Gasteiger partial charge >= 0.3 is 11.1 Å². The number of nitrogens with one attached hydrogen (secondary N) is 2. The monoisotopic (exact) mass is 272 g/mol. The van der Waals surface area contributed by atoms with Gasteiger partial charge in [-0.25, -0.2) is 0 Å². The van der Waals surface area contributed by atoms with E-state index in [2.05, 4.69) is 15.4 Å². The van der Waals surface area contributed by atoms with Crippen molar-refractivity contribution in [1.29, 1.82) is 0 Å². The Bertz CT molecular complexity index is 527. The summed E-state index contributed by atoms with van der Waals surface area (Å²) < 4.78 is 6.90. The number of aromatic nitrogens is 3. The lowest BCUT2D eigenvalue weighted by molar-refractivity contribution is 0.0849. The molecule has 2 heterocycles. The van der Waals surface area contributed by atoms with Crippen molar-refractivity contribution in [2.75, 3.05) is 20.3 Å². The standard InChI is InChI=1S/C10H16N4O3S/c1-11-6-3-4-17-5-7(6)18-10-12-8(15)9(16)13-14(10)2/h6-7,11H,3-5H2,1-2H3,(H,13,16). The molecule has 1 saturated heterocycles. The van der Waals surface area contributed by atoms with Crippen LogP contribution in [0.4, 0.5) is 0 Å². The Morgan fingerprint density at radius 3 is 3.06 bits per heavy atom. The van der Waals surface area contributed by atoms with Crippen LogP contribution >= 0.6 is 11.8 Å². The van der Waals surface area contributed by atoms with Crippen LogP contribution in [0.3, 0.4) is 0 Å². The first-order chi connectivity index (χ1) is 8.61. The van der Waals surface area contributed by atoms with Gasteiger partial charge in [-0.05, 0) is 13.5 Å². The van der Waals surface area contributed by atoms with Crippen molar-refractivity contribution in [3.63, 3.8) is 0 Å². The first-order valence-corrected chi connectivity index (χ1v) is 6.59. The van der Waals surface area contributed by atoms with Gasteiger partial charge in [0.05, 0.1) is 11.9 Å². The van der Waals surface area contributed by atoms with E-state index in [1.165, 1.54) is 16.4 Å². The topological polar surface area (TPSA) is 89.0 Å². The third kappa shape index (κ3) is 2.82. The second-order valence-electron chi connectivity index (χ2n) is 4.11. The maximum atomic E-state index is 11.3. The second kappa shape index (κ2) is 5.68.